The number of ether oxygens (including phenoxy) is 1. The molecule has 2 aromatic rings. The number of nitrogens with zero attached hydrogens (tertiary/aromatic N) is 3. The number of amides is 2. The number of para-hydroxylation sites is 1. The van der Waals surface area contributed by atoms with Gasteiger partial charge in [0.1, 0.15) is 10.1 Å². The summed E-state index contributed by atoms with van der Waals surface area (Å²) in [6.45, 7) is 4.55. The van der Waals surface area contributed by atoms with E-state index in [9.17, 15) is 9.59 Å². The van der Waals surface area contributed by atoms with E-state index in [-0.39, 0.29) is 17.7 Å². The van der Waals surface area contributed by atoms with E-state index < -0.39 is 0 Å². The second kappa shape index (κ2) is 10.2. The van der Waals surface area contributed by atoms with Crippen molar-refractivity contribution in [2.45, 2.75) is 26.2 Å². The number of primary amides is 1. The van der Waals surface area contributed by atoms with Crippen molar-refractivity contribution in [3.63, 3.8) is 0 Å². The molecule has 0 radical (unpaired) electrons. The van der Waals surface area contributed by atoms with Crippen molar-refractivity contribution in [1.29, 1.82) is 0 Å². The fourth-order valence-electron chi connectivity index (χ4n) is 4.29. The number of hydrogen-bond donors (Lipinski definition) is 1. The van der Waals surface area contributed by atoms with Gasteiger partial charge in [-0.3, -0.25) is 14.5 Å². The van der Waals surface area contributed by atoms with Crippen LogP contribution in [0.15, 0.2) is 29.2 Å². The van der Waals surface area contributed by atoms with Crippen molar-refractivity contribution in [1.82, 2.24) is 9.88 Å². The lowest BCUT2D eigenvalue weighted by Gasteiger charge is -2.32. The Morgan fingerprint density at radius 1 is 1.36 bits per heavy atom. The summed E-state index contributed by atoms with van der Waals surface area (Å²) < 4.78 is 5.67. The highest BCUT2D eigenvalue weighted by atomic mass is 32.2. The van der Waals surface area contributed by atoms with Crippen LogP contribution in [0.5, 0.6) is 0 Å². The zero-order valence-electron chi connectivity index (χ0n) is 18.9. The van der Waals surface area contributed by atoms with E-state index >= 15 is 0 Å². The van der Waals surface area contributed by atoms with Crippen molar-refractivity contribution >= 4 is 62.9 Å². The summed E-state index contributed by atoms with van der Waals surface area (Å²) >= 11 is 6.79. The lowest BCUT2D eigenvalue weighted by molar-refractivity contribution is -0.123. The lowest BCUT2D eigenvalue weighted by atomic mass is 9.96. The molecule has 174 valence electrons. The van der Waals surface area contributed by atoms with E-state index in [1.165, 1.54) is 11.8 Å². The number of thioether (sulfide) groups is 1. The highest BCUT2D eigenvalue weighted by Crippen LogP contribution is 2.36. The van der Waals surface area contributed by atoms with Crippen LogP contribution >= 0.6 is 24.0 Å². The first-order valence-electron chi connectivity index (χ1n) is 11.1. The molecule has 1 aromatic carbocycles. The first-order chi connectivity index (χ1) is 15.9. The molecule has 33 heavy (non-hydrogen) atoms. The van der Waals surface area contributed by atoms with Crippen molar-refractivity contribution in [2.24, 2.45) is 11.7 Å². The van der Waals surface area contributed by atoms with E-state index in [4.69, 9.17) is 27.7 Å². The summed E-state index contributed by atoms with van der Waals surface area (Å²) in [6.07, 6.45) is 4.03. The molecule has 0 unspecified atom stereocenters. The van der Waals surface area contributed by atoms with Gasteiger partial charge in [-0.2, -0.15) is 0 Å². The van der Waals surface area contributed by atoms with Crippen LogP contribution in [0.2, 0.25) is 0 Å². The van der Waals surface area contributed by atoms with Crippen LogP contribution < -0.4 is 10.6 Å². The molecule has 0 bridgehead atoms. The minimum absolute atomic E-state index is 0.0798. The van der Waals surface area contributed by atoms with Gasteiger partial charge in [-0.05, 0) is 43.9 Å². The third-order valence-electron chi connectivity index (χ3n) is 6.14. The summed E-state index contributed by atoms with van der Waals surface area (Å²) in [5, 5.41) is 1.02. The summed E-state index contributed by atoms with van der Waals surface area (Å²) in [6, 6.07) is 8.17. The predicted octanol–water partition coefficient (Wildman–Crippen LogP) is 3.48. The third kappa shape index (κ3) is 5.05. The Hall–Kier alpha value is -2.49. The van der Waals surface area contributed by atoms with Gasteiger partial charge in [0.2, 0.25) is 5.91 Å². The molecule has 2 aliphatic heterocycles. The maximum Gasteiger partial charge on any atom is 0.266 e. The van der Waals surface area contributed by atoms with Gasteiger partial charge < -0.3 is 15.4 Å². The van der Waals surface area contributed by atoms with Crippen LogP contribution in [0, 0.1) is 12.8 Å². The van der Waals surface area contributed by atoms with E-state index in [0.717, 1.165) is 34.3 Å². The Balaban J connectivity index is 1.69. The summed E-state index contributed by atoms with van der Waals surface area (Å²) in [5.41, 5.74) is 8.43. The Morgan fingerprint density at radius 3 is 2.82 bits per heavy atom. The molecule has 1 aromatic heterocycles. The Kier molecular flexibility index (Phi) is 7.31. The lowest BCUT2D eigenvalue weighted by Crippen LogP contribution is -2.39. The molecule has 0 aliphatic carbocycles. The van der Waals surface area contributed by atoms with Gasteiger partial charge >= 0.3 is 0 Å². The fraction of sp³-hybridized carbons (Fsp3) is 0.417. The third-order valence-corrected chi connectivity index (χ3v) is 7.52. The Morgan fingerprint density at radius 2 is 2.12 bits per heavy atom. The first-order valence-corrected chi connectivity index (χ1v) is 12.3. The van der Waals surface area contributed by atoms with Crippen LogP contribution in [-0.4, -0.2) is 59.4 Å². The molecule has 3 heterocycles. The van der Waals surface area contributed by atoms with E-state index in [2.05, 4.69) is 11.0 Å². The van der Waals surface area contributed by atoms with Crippen LogP contribution in [0.1, 0.15) is 30.4 Å². The van der Waals surface area contributed by atoms with E-state index in [1.54, 1.807) is 12.0 Å². The second-order valence-electron chi connectivity index (χ2n) is 8.39. The number of carbonyl (C=O) groups is 2. The number of rotatable bonds is 7. The molecule has 0 spiro atoms. The van der Waals surface area contributed by atoms with E-state index in [0.29, 0.717) is 48.3 Å². The number of pyridine rings is 1. The normalized spacial score (nSPS) is 18.7. The molecule has 4 rings (SSSR count). The van der Waals surface area contributed by atoms with Crippen LogP contribution in [0.25, 0.3) is 17.0 Å². The molecule has 2 fully saturated rings. The number of aromatic nitrogens is 1. The van der Waals surface area contributed by atoms with Gasteiger partial charge in [-0.1, -0.05) is 42.2 Å². The maximum absolute atomic E-state index is 13.1. The summed E-state index contributed by atoms with van der Waals surface area (Å²) in [7, 11) is 1.65. The van der Waals surface area contributed by atoms with Gasteiger partial charge in [0, 0.05) is 50.2 Å². The average molecular weight is 485 g/mol. The molecule has 2 N–H and O–H groups in total. The first kappa shape index (κ1) is 23.7. The van der Waals surface area contributed by atoms with Gasteiger partial charge in [-0.15, -0.1) is 0 Å². The molecular formula is C24H28N4O3S2. The number of piperidine rings is 1. The zero-order chi connectivity index (χ0) is 23.5. The van der Waals surface area contributed by atoms with Crippen LogP contribution in [0.4, 0.5) is 5.82 Å². The van der Waals surface area contributed by atoms with Crippen molar-refractivity contribution in [2.75, 3.05) is 38.3 Å². The molecule has 9 heteroatoms. The maximum atomic E-state index is 13.1. The largest absolute Gasteiger partial charge is 0.385 e. The van der Waals surface area contributed by atoms with Crippen LogP contribution in [-0.2, 0) is 14.3 Å². The smallest absolute Gasteiger partial charge is 0.266 e. The fourth-order valence-corrected chi connectivity index (χ4v) is 5.59. The van der Waals surface area contributed by atoms with Crippen molar-refractivity contribution < 1.29 is 14.3 Å². The van der Waals surface area contributed by atoms with Gasteiger partial charge in [0.15, 0.2) is 0 Å². The molecule has 2 aliphatic rings. The Labute approximate surface area is 203 Å². The highest BCUT2D eigenvalue weighted by molar-refractivity contribution is 8.26. The number of thiocarbonyl (C=S) groups is 1. The SMILES string of the molecule is COCCCN1C(=O)/C(=C/c2cc3cccc(C)c3nc2N2CCC(C(N)=O)CC2)SC1=S. The Bertz CT molecular complexity index is 1130. The number of methoxy groups -OCH3 is 1. The molecular weight excluding hydrogens is 456 g/mol. The number of carbonyl (C=O) groups excluding carboxylic acids is 2. The average Bonchev–Trinajstić information content (AvgIpc) is 3.06. The quantitative estimate of drug-likeness (QED) is 0.366. The van der Waals surface area contributed by atoms with Gasteiger partial charge in [0.25, 0.3) is 5.91 Å². The monoisotopic (exact) mass is 484 g/mol. The minimum atomic E-state index is -0.241. The molecule has 2 amide bonds. The topological polar surface area (TPSA) is 88.8 Å². The molecule has 0 saturated carbocycles. The van der Waals surface area contributed by atoms with E-state index in [1.807, 2.05) is 31.2 Å². The predicted molar refractivity (Wildman–Crippen MR) is 137 cm³/mol. The van der Waals surface area contributed by atoms with Crippen molar-refractivity contribution in [3.05, 3.63) is 40.3 Å². The number of benzene rings is 1. The summed E-state index contributed by atoms with van der Waals surface area (Å²) in [5.74, 6) is 0.401. The van der Waals surface area contributed by atoms with Crippen LogP contribution in [0.3, 0.4) is 0 Å². The summed E-state index contributed by atoms with van der Waals surface area (Å²) in [4.78, 5) is 34.1. The molecule has 7 nitrogen and oxygen atoms in total. The second-order valence-corrected chi connectivity index (χ2v) is 10.1. The van der Waals surface area contributed by atoms with Gasteiger partial charge in [-0.25, -0.2) is 4.98 Å². The number of anilines is 1. The minimum Gasteiger partial charge on any atom is -0.385 e. The molecule has 0 atom stereocenters. The highest BCUT2D eigenvalue weighted by Gasteiger charge is 2.32. The number of nitrogens with two attached hydrogens (primary N) is 1. The zero-order valence-corrected chi connectivity index (χ0v) is 20.5. The van der Waals surface area contributed by atoms with Crippen molar-refractivity contribution in [3.8, 4) is 0 Å². The number of fused-ring (bicyclic) bond motifs is 1. The molecule has 2 saturated heterocycles. The number of hydrogen-bond acceptors (Lipinski definition) is 7. The van der Waals surface area contributed by atoms with Gasteiger partial charge in [0.05, 0.1) is 10.4 Å². The number of aryl methyl sites for hydroxylation is 1. The standard InChI is InChI=1S/C24H28N4O3S2/c1-15-5-3-6-17-13-18(14-19-23(30)28(24(32)33-19)9-4-12-31-2)22(26-20(15)17)27-10-7-16(8-11-27)21(25)29/h3,5-6,13-14,16H,4,7-12H2,1-2H3,(H2,25,29)/b19-14-.